The lowest BCUT2D eigenvalue weighted by molar-refractivity contribution is -0.137. The van der Waals surface area contributed by atoms with Gasteiger partial charge in [-0.05, 0) is 103 Å². The molecule has 0 aliphatic rings. The predicted octanol–water partition coefficient (Wildman–Crippen LogP) is 9.35. The molecule has 0 radical (unpaired) electrons. The highest BCUT2D eigenvalue weighted by Gasteiger charge is 2.34. The number of rotatable bonds is 3. The summed E-state index contributed by atoms with van der Waals surface area (Å²) < 4.78 is 42.8. The predicted molar refractivity (Wildman–Crippen MR) is 172 cm³/mol. The highest BCUT2D eigenvalue weighted by Crippen LogP contribution is 2.49. The number of halogens is 3. The quantitative estimate of drug-likeness (QED) is 0.150. The van der Waals surface area contributed by atoms with Crippen molar-refractivity contribution in [2.45, 2.75) is 13.1 Å². The molecule has 0 aromatic heterocycles. The van der Waals surface area contributed by atoms with Crippen LogP contribution >= 0.6 is 6.89 Å². The van der Waals surface area contributed by atoms with Crippen molar-refractivity contribution >= 4 is 72.2 Å². The Morgan fingerprint density at radius 3 is 1.39 bits per heavy atom. The molecule has 0 nitrogen and oxygen atoms in total. The Hall–Kier alpha value is -4.33. The molecule has 0 amide bonds. The van der Waals surface area contributed by atoms with E-state index in [1.165, 1.54) is 12.1 Å². The molecule has 0 atom stereocenters. The molecule has 7 aromatic rings. The standard InChI is InChI=1S/C37H26F3P/c1-24-19-27(37(38,39)40)23-28(20-24)41(2,35-21-25-11-3-5-13-29(25)31-15-7-9-17-33(31)35)36-22-26-12-4-6-14-30(26)32-16-8-10-18-34(32)36/h3-23H,2H2,1H3. The fraction of sp³-hybridized carbons (Fsp3) is 0.0541. The van der Waals surface area contributed by atoms with Gasteiger partial charge in [0.2, 0.25) is 0 Å². The second kappa shape index (κ2) is 9.36. The van der Waals surface area contributed by atoms with E-state index in [9.17, 15) is 13.2 Å². The zero-order valence-electron chi connectivity index (χ0n) is 22.4. The normalized spacial score (nSPS) is 12.5. The Labute approximate surface area is 236 Å². The van der Waals surface area contributed by atoms with Crippen molar-refractivity contribution in [2.24, 2.45) is 0 Å². The van der Waals surface area contributed by atoms with Crippen LogP contribution in [0.3, 0.4) is 0 Å². The number of alkyl halides is 3. The summed E-state index contributed by atoms with van der Waals surface area (Å²) in [6.45, 7) is -1.16. The van der Waals surface area contributed by atoms with Gasteiger partial charge < -0.3 is 0 Å². The molecule has 0 unspecified atom stereocenters. The lowest BCUT2D eigenvalue weighted by atomic mass is 10.0. The van der Waals surface area contributed by atoms with E-state index in [4.69, 9.17) is 6.30 Å². The van der Waals surface area contributed by atoms with E-state index < -0.39 is 18.6 Å². The maximum absolute atomic E-state index is 14.3. The van der Waals surface area contributed by atoms with Crippen molar-refractivity contribution in [1.82, 2.24) is 0 Å². The average molecular weight is 559 g/mol. The summed E-state index contributed by atoms with van der Waals surface area (Å²) in [5, 5.41) is 11.1. The fourth-order valence-electron chi connectivity index (χ4n) is 6.26. The summed E-state index contributed by atoms with van der Waals surface area (Å²) in [6.07, 6.45) is 0.532. The smallest absolute Gasteiger partial charge is 0.166 e. The van der Waals surface area contributed by atoms with Crippen LogP contribution in [-0.4, -0.2) is 6.30 Å². The first-order chi connectivity index (χ1) is 19.7. The van der Waals surface area contributed by atoms with Gasteiger partial charge in [0.05, 0.1) is 5.56 Å². The number of fused-ring (bicyclic) bond motifs is 6. The maximum atomic E-state index is 14.3. The highest BCUT2D eigenvalue weighted by atomic mass is 31.2. The Balaban J connectivity index is 1.71. The molecular formula is C37H26F3P. The van der Waals surface area contributed by atoms with Gasteiger partial charge >= 0.3 is 6.18 Å². The molecule has 200 valence electrons. The van der Waals surface area contributed by atoms with Crippen molar-refractivity contribution in [3.63, 3.8) is 0 Å². The first kappa shape index (κ1) is 25.6. The van der Waals surface area contributed by atoms with Crippen LogP contribution in [0.2, 0.25) is 0 Å². The molecular weight excluding hydrogens is 532 g/mol. The molecule has 4 heteroatoms. The van der Waals surface area contributed by atoms with Crippen molar-refractivity contribution in [1.29, 1.82) is 0 Å². The van der Waals surface area contributed by atoms with Crippen LogP contribution in [0.1, 0.15) is 11.1 Å². The van der Waals surface area contributed by atoms with Crippen molar-refractivity contribution in [3.05, 3.63) is 139 Å². The first-order valence-corrected chi connectivity index (χ1v) is 15.5. The van der Waals surface area contributed by atoms with Crippen LogP contribution in [0.5, 0.6) is 0 Å². The SMILES string of the molecule is C=P(c1cc(C)cc(C(F)(F)F)c1)(c1cc2ccccc2c2ccccc12)c1cc2ccccc2c2ccccc12. The monoisotopic (exact) mass is 558 g/mol. The fourth-order valence-corrected chi connectivity index (χ4v) is 9.79. The summed E-state index contributed by atoms with van der Waals surface area (Å²) in [7, 11) is 0. The Morgan fingerprint density at radius 2 is 0.927 bits per heavy atom. The van der Waals surface area contributed by atoms with Gasteiger partial charge in [-0.25, -0.2) is 0 Å². The molecule has 0 spiro atoms. The van der Waals surface area contributed by atoms with Crippen LogP contribution in [0.15, 0.2) is 127 Å². The van der Waals surface area contributed by atoms with Crippen molar-refractivity contribution in [3.8, 4) is 0 Å². The lowest BCUT2D eigenvalue weighted by Gasteiger charge is -2.31. The largest absolute Gasteiger partial charge is 0.416 e. The van der Waals surface area contributed by atoms with E-state index >= 15 is 0 Å². The summed E-state index contributed by atoms with van der Waals surface area (Å²) in [6, 6.07) is 41.6. The number of hydrogen-bond donors (Lipinski definition) is 0. The van der Waals surface area contributed by atoms with Gasteiger partial charge in [0.25, 0.3) is 0 Å². The molecule has 0 saturated heterocycles. The van der Waals surface area contributed by atoms with Gasteiger partial charge in [-0.1, -0.05) is 109 Å². The van der Waals surface area contributed by atoms with Gasteiger partial charge in [-0.15, -0.1) is 0 Å². The Kier molecular flexibility index (Phi) is 5.85. The van der Waals surface area contributed by atoms with Crippen LogP contribution < -0.4 is 15.9 Å². The minimum atomic E-state index is -4.47. The molecule has 0 N–H and O–H groups in total. The molecule has 41 heavy (non-hydrogen) atoms. The highest BCUT2D eigenvalue weighted by molar-refractivity contribution is 7.94. The van der Waals surface area contributed by atoms with Crippen LogP contribution in [0.25, 0.3) is 43.1 Å². The average Bonchev–Trinajstić information content (AvgIpc) is 2.99. The summed E-state index contributed by atoms with van der Waals surface area (Å²) in [5.74, 6) is 0. The molecule has 0 aliphatic heterocycles. The molecule has 0 bridgehead atoms. The summed E-state index contributed by atoms with van der Waals surface area (Å²) in [4.78, 5) is 0. The third kappa shape index (κ3) is 4.07. The molecule has 0 aliphatic carbocycles. The van der Waals surface area contributed by atoms with Gasteiger partial charge in [0, 0.05) is 0 Å². The molecule has 0 fully saturated rings. The van der Waals surface area contributed by atoms with Gasteiger partial charge in [0.1, 0.15) is 0 Å². The topological polar surface area (TPSA) is 0 Å². The zero-order valence-corrected chi connectivity index (χ0v) is 23.3. The maximum Gasteiger partial charge on any atom is 0.416 e. The minimum Gasteiger partial charge on any atom is -0.166 e. The van der Waals surface area contributed by atoms with E-state index in [-0.39, 0.29) is 0 Å². The van der Waals surface area contributed by atoms with Gasteiger partial charge in [-0.3, -0.25) is 0 Å². The van der Waals surface area contributed by atoms with E-state index in [0.29, 0.717) is 10.9 Å². The van der Waals surface area contributed by atoms with E-state index in [1.807, 2.05) is 54.6 Å². The number of hydrogen-bond acceptors (Lipinski definition) is 0. The molecule has 0 heterocycles. The second-order valence-electron chi connectivity index (χ2n) is 10.7. The number of benzene rings is 7. The van der Waals surface area contributed by atoms with Crippen LogP contribution in [0.4, 0.5) is 13.2 Å². The van der Waals surface area contributed by atoms with Crippen LogP contribution in [0, 0.1) is 6.92 Å². The third-order valence-electron chi connectivity index (χ3n) is 8.15. The minimum absolute atomic E-state index is 0.568. The van der Waals surface area contributed by atoms with E-state index in [2.05, 4.69) is 60.7 Å². The Bertz CT molecular complexity index is 2070. The zero-order chi connectivity index (χ0) is 28.4. The lowest BCUT2D eigenvalue weighted by Crippen LogP contribution is -2.28. The van der Waals surface area contributed by atoms with Crippen LogP contribution in [-0.2, 0) is 6.18 Å². The van der Waals surface area contributed by atoms with E-state index in [0.717, 1.165) is 53.7 Å². The van der Waals surface area contributed by atoms with Crippen molar-refractivity contribution < 1.29 is 13.2 Å². The van der Waals surface area contributed by atoms with Crippen molar-refractivity contribution in [2.75, 3.05) is 0 Å². The molecule has 7 rings (SSSR count). The summed E-state index contributed by atoms with van der Waals surface area (Å²) in [5.41, 5.74) is -0.0752. The molecule has 7 aromatic carbocycles. The molecule has 0 saturated carbocycles. The summed E-state index contributed by atoms with van der Waals surface area (Å²) >= 11 is 0. The number of aryl methyl sites for hydroxylation is 1. The second-order valence-corrected chi connectivity index (χ2v) is 13.8. The van der Waals surface area contributed by atoms with Gasteiger partial charge in [-0.2, -0.15) is 13.2 Å². The first-order valence-electron chi connectivity index (χ1n) is 13.5. The third-order valence-corrected chi connectivity index (χ3v) is 11.7. The Morgan fingerprint density at radius 1 is 0.512 bits per heavy atom. The van der Waals surface area contributed by atoms with Gasteiger partial charge in [0.15, 0.2) is 0 Å². The van der Waals surface area contributed by atoms with E-state index in [1.54, 1.807) is 6.92 Å².